The molecule has 0 radical (unpaired) electrons. The van der Waals surface area contributed by atoms with Gasteiger partial charge in [0.25, 0.3) is 0 Å². The third-order valence-electron chi connectivity index (χ3n) is 2.44. The van der Waals surface area contributed by atoms with E-state index in [-0.39, 0.29) is 18.2 Å². The van der Waals surface area contributed by atoms with E-state index in [4.69, 9.17) is 9.47 Å². The largest absolute Gasteiger partial charge is 0.399 e. The zero-order valence-corrected chi connectivity index (χ0v) is 8.74. The summed E-state index contributed by atoms with van der Waals surface area (Å²) in [5.74, 6) is -0.888. The second-order valence-electron chi connectivity index (χ2n) is 3.62. The standard InChI is InChI=1S/C8H12F3NO2S/c9-8(10,11)4-15-12-5-3-14-6-1-2-13-7(5)6/h5-7,12H,1-4H2. The van der Waals surface area contributed by atoms with E-state index in [1.807, 2.05) is 0 Å². The van der Waals surface area contributed by atoms with Gasteiger partial charge in [0.15, 0.2) is 0 Å². The average Bonchev–Trinajstić information content (AvgIpc) is 2.66. The van der Waals surface area contributed by atoms with Crippen molar-refractivity contribution in [3.8, 4) is 0 Å². The molecule has 3 unspecified atom stereocenters. The highest BCUT2D eigenvalue weighted by atomic mass is 32.2. The van der Waals surface area contributed by atoms with E-state index in [1.54, 1.807) is 0 Å². The highest BCUT2D eigenvalue weighted by Crippen LogP contribution is 2.28. The lowest BCUT2D eigenvalue weighted by molar-refractivity contribution is -0.105. The minimum absolute atomic E-state index is 0.0639. The van der Waals surface area contributed by atoms with Gasteiger partial charge in [0.2, 0.25) is 0 Å². The van der Waals surface area contributed by atoms with Gasteiger partial charge < -0.3 is 9.47 Å². The summed E-state index contributed by atoms with van der Waals surface area (Å²) in [6.45, 7) is 1.07. The van der Waals surface area contributed by atoms with E-state index in [2.05, 4.69) is 4.72 Å². The van der Waals surface area contributed by atoms with Crippen molar-refractivity contribution in [2.24, 2.45) is 0 Å². The van der Waals surface area contributed by atoms with Crippen LogP contribution in [0.5, 0.6) is 0 Å². The van der Waals surface area contributed by atoms with Crippen molar-refractivity contribution in [3.63, 3.8) is 0 Å². The lowest BCUT2D eigenvalue weighted by Crippen LogP contribution is -2.37. The lowest BCUT2D eigenvalue weighted by Gasteiger charge is -2.17. The fourth-order valence-electron chi connectivity index (χ4n) is 1.80. The Bertz CT molecular complexity index is 226. The molecule has 88 valence electrons. The molecule has 2 fully saturated rings. The summed E-state index contributed by atoms with van der Waals surface area (Å²) >= 11 is 0.671. The summed E-state index contributed by atoms with van der Waals surface area (Å²) in [5, 5.41) is 0. The number of fused-ring (bicyclic) bond motifs is 1. The summed E-state index contributed by atoms with van der Waals surface area (Å²) in [6, 6.07) is -0.121. The average molecular weight is 243 g/mol. The molecule has 2 aliphatic heterocycles. The van der Waals surface area contributed by atoms with Crippen LogP contribution in [0.15, 0.2) is 0 Å². The summed E-state index contributed by atoms with van der Waals surface area (Å²) in [7, 11) is 0. The Morgan fingerprint density at radius 3 is 2.87 bits per heavy atom. The predicted molar refractivity (Wildman–Crippen MR) is 49.5 cm³/mol. The van der Waals surface area contributed by atoms with Gasteiger partial charge in [0.05, 0.1) is 18.8 Å². The van der Waals surface area contributed by atoms with Crippen LogP contribution in [0.25, 0.3) is 0 Å². The van der Waals surface area contributed by atoms with Gasteiger partial charge in [-0.25, -0.2) is 0 Å². The summed E-state index contributed by atoms with van der Waals surface area (Å²) in [4.78, 5) is 0. The number of ether oxygens (including phenoxy) is 2. The smallest absolute Gasteiger partial charge is 0.374 e. The molecule has 3 nitrogen and oxygen atoms in total. The molecule has 2 rings (SSSR count). The van der Waals surface area contributed by atoms with Crippen molar-refractivity contribution in [1.29, 1.82) is 0 Å². The molecule has 0 aliphatic carbocycles. The zero-order chi connectivity index (χ0) is 10.9. The first-order chi connectivity index (χ1) is 7.06. The molecular formula is C8H12F3NO2S. The lowest BCUT2D eigenvalue weighted by atomic mass is 10.1. The molecule has 7 heteroatoms. The molecule has 0 aromatic rings. The van der Waals surface area contributed by atoms with Crippen molar-refractivity contribution in [3.05, 3.63) is 0 Å². The van der Waals surface area contributed by atoms with Gasteiger partial charge >= 0.3 is 6.18 Å². The van der Waals surface area contributed by atoms with Crippen LogP contribution in [-0.4, -0.2) is 43.4 Å². The van der Waals surface area contributed by atoms with E-state index < -0.39 is 11.9 Å². The van der Waals surface area contributed by atoms with Gasteiger partial charge in [-0.3, -0.25) is 4.72 Å². The Kier molecular flexibility index (Phi) is 3.44. The third kappa shape index (κ3) is 2.99. The van der Waals surface area contributed by atoms with Crippen molar-refractivity contribution in [2.45, 2.75) is 30.8 Å². The van der Waals surface area contributed by atoms with Crippen molar-refractivity contribution < 1.29 is 22.6 Å². The van der Waals surface area contributed by atoms with Gasteiger partial charge in [-0.1, -0.05) is 11.9 Å². The van der Waals surface area contributed by atoms with E-state index in [1.165, 1.54) is 0 Å². The summed E-state index contributed by atoms with van der Waals surface area (Å²) in [5.41, 5.74) is 0. The minimum atomic E-state index is -4.13. The predicted octanol–water partition coefficient (Wildman–Crippen LogP) is 1.34. The van der Waals surface area contributed by atoms with Crippen LogP contribution in [0.3, 0.4) is 0 Å². The van der Waals surface area contributed by atoms with Gasteiger partial charge in [-0.2, -0.15) is 13.2 Å². The Hall–Kier alpha value is 0.0200. The number of halogens is 3. The Morgan fingerprint density at radius 1 is 1.33 bits per heavy atom. The van der Waals surface area contributed by atoms with Crippen LogP contribution >= 0.6 is 11.9 Å². The molecule has 1 N–H and O–H groups in total. The molecule has 0 saturated carbocycles. The first kappa shape index (κ1) is 11.5. The topological polar surface area (TPSA) is 30.5 Å². The third-order valence-corrected chi connectivity index (χ3v) is 3.38. The summed E-state index contributed by atoms with van der Waals surface area (Å²) < 4.78 is 49.2. The van der Waals surface area contributed by atoms with Crippen LogP contribution in [-0.2, 0) is 9.47 Å². The minimum Gasteiger partial charge on any atom is -0.374 e. The van der Waals surface area contributed by atoms with Crippen molar-refractivity contribution in [1.82, 2.24) is 4.72 Å². The van der Waals surface area contributed by atoms with Crippen LogP contribution < -0.4 is 4.72 Å². The highest BCUT2D eigenvalue weighted by molar-refractivity contribution is 7.97. The second kappa shape index (κ2) is 4.48. The van der Waals surface area contributed by atoms with Crippen molar-refractivity contribution >= 4 is 11.9 Å². The monoisotopic (exact) mass is 243 g/mol. The SMILES string of the molecule is FC(F)(F)CSNC1COC2CCOC12. The second-order valence-corrected chi connectivity index (χ2v) is 4.44. The normalized spacial score (nSPS) is 35.8. The molecule has 0 spiro atoms. The maximum atomic E-state index is 11.9. The van der Waals surface area contributed by atoms with Crippen LogP contribution in [0.4, 0.5) is 13.2 Å². The van der Waals surface area contributed by atoms with Gasteiger partial charge in [0, 0.05) is 6.61 Å². The number of hydrogen-bond donors (Lipinski definition) is 1. The maximum absolute atomic E-state index is 11.9. The molecule has 0 bridgehead atoms. The molecule has 2 aliphatic rings. The molecule has 0 aromatic heterocycles. The number of alkyl halides is 3. The summed E-state index contributed by atoms with van der Waals surface area (Å²) in [6.07, 6.45) is -3.31. The molecule has 2 saturated heterocycles. The van der Waals surface area contributed by atoms with E-state index in [9.17, 15) is 13.2 Å². The van der Waals surface area contributed by atoms with E-state index in [0.717, 1.165) is 6.42 Å². The van der Waals surface area contributed by atoms with E-state index >= 15 is 0 Å². The van der Waals surface area contributed by atoms with Crippen LogP contribution in [0.1, 0.15) is 6.42 Å². The molecule has 2 heterocycles. The fourth-order valence-corrected chi connectivity index (χ4v) is 2.46. The molecule has 15 heavy (non-hydrogen) atoms. The van der Waals surface area contributed by atoms with Gasteiger partial charge in [0.1, 0.15) is 11.9 Å². The van der Waals surface area contributed by atoms with Crippen molar-refractivity contribution in [2.75, 3.05) is 19.0 Å². The molecule has 0 aromatic carbocycles. The Balaban J connectivity index is 1.71. The molecular weight excluding hydrogens is 231 g/mol. The zero-order valence-electron chi connectivity index (χ0n) is 7.92. The molecule has 0 amide bonds. The van der Waals surface area contributed by atoms with Gasteiger partial charge in [-0.05, 0) is 6.42 Å². The fraction of sp³-hybridized carbons (Fsp3) is 1.00. The highest BCUT2D eigenvalue weighted by Gasteiger charge is 2.42. The van der Waals surface area contributed by atoms with Gasteiger partial charge in [-0.15, -0.1) is 0 Å². The first-order valence-corrected chi connectivity index (χ1v) is 5.72. The Labute approximate surface area is 89.8 Å². The number of rotatable bonds is 3. The van der Waals surface area contributed by atoms with E-state index in [0.29, 0.717) is 25.2 Å². The molecule has 3 atom stereocenters. The van der Waals surface area contributed by atoms with Crippen LogP contribution in [0.2, 0.25) is 0 Å². The first-order valence-electron chi connectivity index (χ1n) is 4.73. The number of hydrogen-bond acceptors (Lipinski definition) is 4. The number of nitrogens with one attached hydrogen (secondary N) is 1. The van der Waals surface area contributed by atoms with Crippen LogP contribution in [0, 0.1) is 0 Å². The quantitative estimate of drug-likeness (QED) is 0.758. The Morgan fingerprint density at radius 2 is 2.13 bits per heavy atom. The maximum Gasteiger partial charge on any atom is 0.399 e.